The molecule has 19 heavy (non-hydrogen) atoms. The molecule has 0 fully saturated rings. The number of carbonyl (C=O) groups is 2. The molecule has 1 amide bonds. The van der Waals surface area contributed by atoms with Gasteiger partial charge in [-0.1, -0.05) is 11.6 Å². The zero-order valence-corrected chi connectivity index (χ0v) is 12.6. The normalized spacial score (nSPS) is 11.9. The van der Waals surface area contributed by atoms with E-state index in [-0.39, 0.29) is 11.7 Å². The lowest BCUT2D eigenvalue weighted by atomic mass is 10.3. The van der Waals surface area contributed by atoms with Crippen molar-refractivity contribution in [1.82, 2.24) is 5.32 Å². The van der Waals surface area contributed by atoms with Crippen LogP contribution in [0.2, 0.25) is 4.34 Å². The van der Waals surface area contributed by atoms with Gasteiger partial charge >= 0.3 is 5.97 Å². The number of thiophene rings is 1. The van der Waals surface area contributed by atoms with Crippen molar-refractivity contribution in [3.8, 4) is 0 Å². The van der Waals surface area contributed by atoms with Gasteiger partial charge in [-0.2, -0.15) is 0 Å². The average Bonchev–Trinajstić information content (AvgIpc) is 2.80. The Morgan fingerprint density at radius 3 is 2.84 bits per heavy atom. The van der Waals surface area contributed by atoms with Crippen molar-refractivity contribution in [2.24, 2.45) is 0 Å². The molecule has 1 atom stereocenters. The van der Waals surface area contributed by atoms with E-state index < -0.39 is 18.6 Å². The number of amides is 1. The largest absolute Gasteiger partial charge is 0.467 e. The highest BCUT2D eigenvalue weighted by Gasteiger charge is 2.20. The van der Waals surface area contributed by atoms with Crippen molar-refractivity contribution in [3.05, 3.63) is 21.3 Å². The molecule has 0 radical (unpaired) electrons. The topological polar surface area (TPSA) is 75.6 Å². The number of esters is 1. The fourth-order valence-corrected chi connectivity index (χ4v) is 3.27. The molecular weight excluding hydrogens is 310 g/mol. The molecule has 1 aromatic rings. The summed E-state index contributed by atoms with van der Waals surface area (Å²) in [5, 5.41) is 11.3. The van der Waals surface area contributed by atoms with Gasteiger partial charge < -0.3 is 15.2 Å². The number of hydrogen-bond acceptors (Lipinski definition) is 6. The van der Waals surface area contributed by atoms with E-state index in [2.05, 4.69) is 10.1 Å². The Morgan fingerprint density at radius 2 is 2.32 bits per heavy atom. The molecule has 5 nitrogen and oxygen atoms in total. The number of halogens is 1. The van der Waals surface area contributed by atoms with Gasteiger partial charge in [0.05, 0.1) is 23.8 Å². The fourth-order valence-electron chi connectivity index (χ4n) is 1.23. The Balaban J connectivity index is 2.29. The summed E-state index contributed by atoms with van der Waals surface area (Å²) >= 11 is 8.66. The van der Waals surface area contributed by atoms with Crippen LogP contribution >= 0.6 is 34.7 Å². The maximum Gasteiger partial charge on any atom is 0.330 e. The Bertz CT molecular complexity index is 438. The number of rotatable bonds is 7. The van der Waals surface area contributed by atoms with E-state index in [1.807, 2.05) is 6.07 Å². The summed E-state index contributed by atoms with van der Waals surface area (Å²) in [6, 6.07) is 2.71. The van der Waals surface area contributed by atoms with Crippen molar-refractivity contribution < 1.29 is 19.4 Å². The quantitative estimate of drug-likeness (QED) is 0.739. The Hall–Kier alpha value is -0.760. The Labute approximate surface area is 124 Å². The first-order valence-corrected chi connectivity index (χ1v) is 7.71. The van der Waals surface area contributed by atoms with E-state index in [0.29, 0.717) is 10.1 Å². The highest BCUT2D eigenvalue weighted by molar-refractivity contribution is 7.99. The molecule has 1 heterocycles. The van der Waals surface area contributed by atoms with Gasteiger partial charge in [0.25, 0.3) is 0 Å². The molecule has 0 saturated heterocycles. The molecule has 0 spiro atoms. The summed E-state index contributed by atoms with van der Waals surface area (Å²) in [4.78, 5) is 23.8. The minimum absolute atomic E-state index is 0.197. The van der Waals surface area contributed by atoms with Crippen molar-refractivity contribution in [3.63, 3.8) is 0 Å². The molecule has 0 aliphatic carbocycles. The van der Waals surface area contributed by atoms with Crippen LogP contribution in [0.3, 0.4) is 0 Å². The highest BCUT2D eigenvalue weighted by atomic mass is 35.5. The molecule has 0 aromatic carbocycles. The van der Waals surface area contributed by atoms with Crippen LogP contribution in [0.25, 0.3) is 0 Å². The second kappa shape index (κ2) is 8.42. The van der Waals surface area contributed by atoms with Gasteiger partial charge in [-0.15, -0.1) is 23.1 Å². The molecule has 8 heteroatoms. The lowest BCUT2D eigenvalue weighted by Gasteiger charge is -2.13. The van der Waals surface area contributed by atoms with Crippen molar-refractivity contribution >= 4 is 46.6 Å². The average molecular weight is 324 g/mol. The number of nitrogens with one attached hydrogen (secondary N) is 1. The summed E-state index contributed by atoms with van der Waals surface area (Å²) in [6.07, 6.45) is 0. The van der Waals surface area contributed by atoms with E-state index in [1.165, 1.54) is 30.2 Å². The highest BCUT2D eigenvalue weighted by Crippen LogP contribution is 2.24. The van der Waals surface area contributed by atoms with E-state index >= 15 is 0 Å². The zero-order chi connectivity index (χ0) is 14.3. The van der Waals surface area contributed by atoms with Gasteiger partial charge in [-0.3, -0.25) is 4.79 Å². The number of methoxy groups -OCH3 is 1. The zero-order valence-electron chi connectivity index (χ0n) is 10.2. The molecule has 0 aliphatic heterocycles. The maximum atomic E-state index is 11.6. The number of aliphatic hydroxyl groups is 1. The van der Waals surface area contributed by atoms with E-state index in [4.69, 9.17) is 16.7 Å². The van der Waals surface area contributed by atoms with E-state index in [0.717, 1.165) is 4.88 Å². The van der Waals surface area contributed by atoms with Crippen LogP contribution in [0.5, 0.6) is 0 Å². The van der Waals surface area contributed by atoms with Crippen molar-refractivity contribution in [1.29, 1.82) is 0 Å². The van der Waals surface area contributed by atoms with Crippen molar-refractivity contribution in [2.45, 2.75) is 11.8 Å². The lowest BCUT2D eigenvalue weighted by molar-refractivity contribution is -0.145. The number of ether oxygens (including phenoxy) is 1. The van der Waals surface area contributed by atoms with Gasteiger partial charge in [-0.25, -0.2) is 4.79 Å². The van der Waals surface area contributed by atoms with Crippen LogP contribution in [0.15, 0.2) is 12.1 Å². The van der Waals surface area contributed by atoms with Gasteiger partial charge in [-0.05, 0) is 12.1 Å². The predicted octanol–water partition coefficient (Wildman–Crippen LogP) is 1.28. The molecular formula is C11H14ClNO4S2. The van der Waals surface area contributed by atoms with Crippen LogP contribution in [-0.2, 0) is 20.1 Å². The summed E-state index contributed by atoms with van der Waals surface area (Å²) in [6.45, 7) is -0.483. The minimum atomic E-state index is -1.01. The SMILES string of the molecule is COC(=O)C(CO)NC(=O)CSCc1ccc(Cl)s1. The van der Waals surface area contributed by atoms with E-state index in [1.54, 1.807) is 6.07 Å². The first kappa shape index (κ1) is 16.3. The summed E-state index contributed by atoms with van der Waals surface area (Å²) in [7, 11) is 1.20. The predicted molar refractivity (Wildman–Crippen MR) is 76.5 cm³/mol. The maximum absolute atomic E-state index is 11.6. The summed E-state index contributed by atoms with van der Waals surface area (Å²) in [5.74, 6) is -0.112. The van der Waals surface area contributed by atoms with E-state index in [9.17, 15) is 9.59 Å². The van der Waals surface area contributed by atoms with Crippen LogP contribution in [0.1, 0.15) is 4.88 Å². The smallest absolute Gasteiger partial charge is 0.330 e. The van der Waals surface area contributed by atoms with Crippen LogP contribution in [0, 0.1) is 0 Å². The van der Waals surface area contributed by atoms with Gasteiger partial charge in [0, 0.05) is 10.6 Å². The third-order valence-electron chi connectivity index (χ3n) is 2.11. The number of aliphatic hydroxyl groups excluding tert-OH is 1. The molecule has 1 aromatic heterocycles. The fraction of sp³-hybridized carbons (Fsp3) is 0.455. The molecule has 2 N–H and O–H groups in total. The van der Waals surface area contributed by atoms with Crippen LogP contribution < -0.4 is 5.32 Å². The van der Waals surface area contributed by atoms with Crippen LogP contribution in [0.4, 0.5) is 0 Å². The number of carbonyl (C=O) groups excluding carboxylic acids is 2. The Kier molecular flexibility index (Phi) is 7.22. The first-order chi connectivity index (χ1) is 9.06. The molecule has 106 valence electrons. The Morgan fingerprint density at radius 1 is 1.58 bits per heavy atom. The monoisotopic (exact) mass is 323 g/mol. The van der Waals surface area contributed by atoms with Gasteiger partial charge in [0.15, 0.2) is 6.04 Å². The number of thioether (sulfide) groups is 1. The summed E-state index contributed by atoms with van der Waals surface area (Å²) < 4.78 is 5.16. The molecule has 0 aliphatic rings. The van der Waals surface area contributed by atoms with Crippen molar-refractivity contribution in [2.75, 3.05) is 19.5 Å². The number of hydrogen-bond donors (Lipinski definition) is 2. The molecule has 0 bridgehead atoms. The third kappa shape index (κ3) is 5.82. The minimum Gasteiger partial charge on any atom is -0.467 e. The second-order valence-electron chi connectivity index (χ2n) is 3.52. The second-order valence-corrected chi connectivity index (χ2v) is 6.31. The lowest BCUT2D eigenvalue weighted by Crippen LogP contribution is -2.44. The molecule has 1 unspecified atom stereocenters. The molecule has 0 saturated carbocycles. The standard InChI is InChI=1S/C11H14ClNO4S2/c1-17-11(16)8(4-14)13-10(15)6-18-5-7-2-3-9(12)19-7/h2-3,8,14H,4-6H2,1H3,(H,13,15). The summed E-state index contributed by atoms with van der Waals surface area (Å²) in [5.41, 5.74) is 0. The van der Waals surface area contributed by atoms with Gasteiger partial charge in [0.1, 0.15) is 0 Å². The first-order valence-electron chi connectivity index (χ1n) is 5.36. The van der Waals surface area contributed by atoms with Gasteiger partial charge in [0.2, 0.25) is 5.91 Å². The van der Waals surface area contributed by atoms with Crippen LogP contribution in [-0.4, -0.2) is 42.5 Å². The third-order valence-corrected chi connectivity index (χ3v) is 4.51. The molecule has 1 rings (SSSR count).